The van der Waals surface area contributed by atoms with Gasteiger partial charge < -0.3 is 14.4 Å². The Kier molecular flexibility index (Phi) is 4.86. The lowest BCUT2D eigenvalue weighted by Gasteiger charge is -2.57. The number of ether oxygens (including phenoxy) is 2. The summed E-state index contributed by atoms with van der Waals surface area (Å²) in [6.07, 6.45) is 10.7. The lowest BCUT2D eigenvalue weighted by atomic mass is 9.49. The summed E-state index contributed by atoms with van der Waals surface area (Å²) >= 11 is 0. The fraction of sp³-hybridized carbons (Fsp3) is 0.708. The van der Waals surface area contributed by atoms with E-state index in [9.17, 15) is 4.79 Å². The van der Waals surface area contributed by atoms with Crippen LogP contribution in [0.1, 0.15) is 61.7 Å². The van der Waals surface area contributed by atoms with E-state index in [0.29, 0.717) is 12.0 Å². The summed E-state index contributed by atoms with van der Waals surface area (Å²) in [5.41, 5.74) is 1.12. The molecule has 28 heavy (non-hydrogen) atoms. The Morgan fingerprint density at radius 2 is 1.89 bits per heavy atom. The molecule has 1 amide bonds. The highest BCUT2D eigenvalue weighted by Gasteiger charge is 2.51. The van der Waals surface area contributed by atoms with E-state index in [4.69, 9.17) is 9.47 Å². The molecule has 1 saturated heterocycles. The van der Waals surface area contributed by atoms with Crippen molar-refractivity contribution in [2.45, 2.75) is 57.5 Å². The van der Waals surface area contributed by atoms with Crippen LogP contribution in [0.4, 0.5) is 0 Å². The summed E-state index contributed by atoms with van der Waals surface area (Å²) < 4.78 is 11.5. The second kappa shape index (κ2) is 7.37. The van der Waals surface area contributed by atoms with Crippen molar-refractivity contribution >= 4 is 5.91 Å². The minimum atomic E-state index is 0.123. The Balaban J connectivity index is 1.22. The average molecular weight is 384 g/mol. The zero-order valence-corrected chi connectivity index (χ0v) is 17.1. The van der Waals surface area contributed by atoms with Crippen molar-refractivity contribution in [3.63, 3.8) is 0 Å². The van der Waals surface area contributed by atoms with E-state index < -0.39 is 0 Å². The van der Waals surface area contributed by atoms with Crippen LogP contribution in [0.5, 0.6) is 5.75 Å². The molecule has 0 radical (unpaired) electrons. The highest BCUT2D eigenvalue weighted by molar-refractivity contribution is 5.94. The van der Waals surface area contributed by atoms with Crippen LogP contribution in [0.3, 0.4) is 0 Å². The van der Waals surface area contributed by atoms with Gasteiger partial charge >= 0.3 is 0 Å². The van der Waals surface area contributed by atoms with Crippen LogP contribution in [0.25, 0.3) is 0 Å². The van der Waals surface area contributed by atoms with E-state index in [0.717, 1.165) is 55.1 Å². The molecule has 4 saturated carbocycles. The fourth-order valence-corrected chi connectivity index (χ4v) is 6.96. The summed E-state index contributed by atoms with van der Waals surface area (Å²) in [5.74, 6) is 3.65. The third-order valence-electron chi connectivity index (χ3n) is 7.63. The average Bonchev–Trinajstić information content (AvgIpc) is 3.18. The normalized spacial score (nSPS) is 35.9. The number of hydrogen-bond donors (Lipinski definition) is 0. The fourth-order valence-electron chi connectivity index (χ4n) is 6.96. The molecule has 5 fully saturated rings. The maximum Gasteiger partial charge on any atom is 0.253 e. The zero-order valence-electron chi connectivity index (χ0n) is 17.1. The van der Waals surface area contributed by atoms with Gasteiger partial charge in [0, 0.05) is 25.8 Å². The maximum atomic E-state index is 13.1. The van der Waals surface area contributed by atoms with Crippen molar-refractivity contribution in [2.75, 3.05) is 26.8 Å². The van der Waals surface area contributed by atoms with Crippen LogP contribution < -0.4 is 4.74 Å². The molecular formula is C24H33NO3. The molecular weight excluding hydrogens is 350 g/mol. The topological polar surface area (TPSA) is 38.8 Å². The Labute approximate surface area is 168 Å². The lowest BCUT2D eigenvalue weighted by Crippen LogP contribution is -2.51. The first-order valence-electron chi connectivity index (χ1n) is 11.2. The Bertz CT molecular complexity index is 689. The minimum absolute atomic E-state index is 0.123. The number of rotatable bonds is 6. The second-order valence-electron chi connectivity index (χ2n) is 10.1. The number of carbonyl (C=O) groups excluding carboxylic acids is 1. The van der Waals surface area contributed by atoms with E-state index in [1.165, 1.54) is 38.5 Å². The summed E-state index contributed by atoms with van der Waals surface area (Å²) in [7, 11) is 1.99. The van der Waals surface area contributed by atoms with Gasteiger partial charge in [-0.05, 0) is 92.7 Å². The highest BCUT2D eigenvalue weighted by Crippen LogP contribution is 2.60. The molecule has 1 aliphatic heterocycles. The molecule has 0 N–H and O–H groups in total. The molecule has 0 spiro atoms. The first-order chi connectivity index (χ1) is 13.6. The molecule has 5 aliphatic rings. The van der Waals surface area contributed by atoms with Crippen LogP contribution in [0, 0.1) is 23.2 Å². The Morgan fingerprint density at radius 3 is 2.54 bits per heavy atom. The number of benzene rings is 1. The molecule has 6 rings (SSSR count). The smallest absolute Gasteiger partial charge is 0.253 e. The zero-order chi connectivity index (χ0) is 19.1. The van der Waals surface area contributed by atoms with Crippen LogP contribution in [0.15, 0.2) is 24.3 Å². The molecule has 0 aromatic heterocycles. The first kappa shape index (κ1) is 18.5. The van der Waals surface area contributed by atoms with Gasteiger partial charge in [-0.2, -0.15) is 0 Å². The minimum Gasteiger partial charge on any atom is -0.491 e. The molecule has 1 aromatic carbocycles. The van der Waals surface area contributed by atoms with Gasteiger partial charge in [0.2, 0.25) is 0 Å². The summed E-state index contributed by atoms with van der Waals surface area (Å²) in [4.78, 5) is 15.1. The molecule has 1 unspecified atom stereocenters. The molecule has 1 heterocycles. The Hall–Kier alpha value is -1.55. The predicted molar refractivity (Wildman–Crippen MR) is 108 cm³/mol. The van der Waals surface area contributed by atoms with Gasteiger partial charge in [0.25, 0.3) is 5.91 Å². The van der Waals surface area contributed by atoms with E-state index in [1.807, 2.05) is 36.2 Å². The van der Waals surface area contributed by atoms with Gasteiger partial charge in [0.05, 0.1) is 6.10 Å². The van der Waals surface area contributed by atoms with E-state index in [2.05, 4.69) is 0 Å². The lowest BCUT2D eigenvalue weighted by molar-refractivity contribution is -0.0629. The number of nitrogens with zero attached hydrogens (tertiary/aromatic N) is 1. The maximum absolute atomic E-state index is 13.1. The number of carbonyl (C=O) groups is 1. The Morgan fingerprint density at radius 1 is 1.18 bits per heavy atom. The molecule has 4 bridgehead atoms. The van der Waals surface area contributed by atoms with Crippen molar-refractivity contribution in [1.82, 2.24) is 4.90 Å². The van der Waals surface area contributed by atoms with Gasteiger partial charge in [-0.25, -0.2) is 0 Å². The summed E-state index contributed by atoms with van der Waals surface area (Å²) in [6.45, 7) is 2.32. The molecule has 4 heteroatoms. The van der Waals surface area contributed by atoms with Gasteiger partial charge in [-0.1, -0.05) is 6.07 Å². The third kappa shape index (κ3) is 3.68. The molecule has 152 valence electrons. The number of amides is 1. The summed E-state index contributed by atoms with van der Waals surface area (Å²) in [5, 5.41) is 0. The van der Waals surface area contributed by atoms with Crippen LogP contribution in [-0.4, -0.2) is 43.7 Å². The first-order valence-corrected chi connectivity index (χ1v) is 11.2. The molecule has 4 aliphatic carbocycles. The van der Waals surface area contributed by atoms with Crippen molar-refractivity contribution in [3.8, 4) is 5.75 Å². The van der Waals surface area contributed by atoms with Crippen LogP contribution >= 0.6 is 0 Å². The van der Waals surface area contributed by atoms with E-state index in [1.54, 1.807) is 0 Å². The van der Waals surface area contributed by atoms with Crippen LogP contribution in [0.2, 0.25) is 0 Å². The van der Waals surface area contributed by atoms with Gasteiger partial charge in [0.15, 0.2) is 0 Å². The third-order valence-corrected chi connectivity index (χ3v) is 7.63. The monoisotopic (exact) mass is 383 g/mol. The number of hydrogen-bond acceptors (Lipinski definition) is 3. The van der Waals surface area contributed by atoms with Crippen molar-refractivity contribution in [3.05, 3.63) is 29.8 Å². The van der Waals surface area contributed by atoms with Crippen molar-refractivity contribution < 1.29 is 14.3 Å². The van der Waals surface area contributed by atoms with Crippen molar-refractivity contribution in [1.29, 1.82) is 0 Å². The van der Waals surface area contributed by atoms with Gasteiger partial charge in [0.1, 0.15) is 12.4 Å². The predicted octanol–water partition coefficient (Wildman–Crippen LogP) is 4.53. The quantitative estimate of drug-likeness (QED) is 0.724. The highest BCUT2D eigenvalue weighted by atomic mass is 16.5. The standard InChI is InChI=1S/C24H33NO3/c1-25(16-24-12-17-8-18(13-24)10-19(9-17)14-24)23(26)20-4-2-5-21(11-20)28-15-22-6-3-7-27-22/h2,4-5,11,17-19,22H,3,6-10,12-16H2,1H3. The van der Waals surface area contributed by atoms with Gasteiger partial charge in [-0.3, -0.25) is 4.79 Å². The van der Waals surface area contributed by atoms with E-state index in [-0.39, 0.29) is 12.0 Å². The van der Waals surface area contributed by atoms with E-state index >= 15 is 0 Å². The summed E-state index contributed by atoms with van der Waals surface area (Å²) in [6, 6.07) is 7.67. The molecule has 4 nitrogen and oxygen atoms in total. The van der Waals surface area contributed by atoms with Crippen molar-refractivity contribution in [2.24, 2.45) is 23.2 Å². The van der Waals surface area contributed by atoms with Crippen LogP contribution in [-0.2, 0) is 4.74 Å². The molecule has 1 aromatic rings. The SMILES string of the molecule is CN(CC12CC3CC(CC(C3)C1)C2)C(=O)c1cccc(OCC2CCCO2)c1. The van der Waals surface area contributed by atoms with Gasteiger partial charge in [-0.15, -0.1) is 0 Å². The second-order valence-corrected chi connectivity index (χ2v) is 10.1. The molecule has 1 atom stereocenters. The largest absolute Gasteiger partial charge is 0.491 e.